The molecule has 0 amide bonds. The number of methoxy groups -OCH3 is 1. The summed E-state index contributed by atoms with van der Waals surface area (Å²) in [5, 5.41) is 8.70. The van der Waals surface area contributed by atoms with Crippen LogP contribution in [0.2, 0.25) is 0 Å². The summed E-state index contributed by atoms with van der Waals surface area (Å²) in [6.45, 7) is 0. The number of benzene rings is 2. The van der Waals surface area contributed by atoms with Gasteiger partial charge in [0.25, 0.3) is 0 Å². The van der Waals surface area contributed by atoms with E-state index in [0.717, 1.165) is 11.3 Å². The van der Waals surface area contributed by atoms with Crippen LogP contribution in [-0.2, 0) is 0 Å². The third-order valence-electron chi connectivity index (χ3n) is 2.84. The van der Waals surface area contributed by atoms with Crippen molar-refractivity contribution in [3.8, 4) is 11.8 Å². The highest BCUT2D eigenvalue weighted by atomic mass is 16.5. The van der Waals surface area contributed by atoms with Crippen molar-refractivity contribution < 1.29 is 9.53 Å². The van der Waals surface area contributed by atoms with E-state index in [9.17, 15) is 4.79 Å². The van der Waals surface area contributed by atoms with Crippen LogP contribution in [0, 0.1) is 11.3 Å². The number of ether oxygens (including phenoxy) is 1. The summed E-state index contributed by atoms with van der Waals surface area (Å²) < 4.78 is 5.07. The van der Waals surface area contributed by atoms with Gasteiger partial charge in [0.05, 0.1) is 18.7 Å². The van der Waals surface area contributed by atoms with Crippen molar-refractivity contribution in [3.63, 3.8) is 0 Å². The third kappa shape index (κ3) is 3.33. The largest absolute Gasteiger partial charge is 0.497 e. The maximum absolute atomic E-state index is 11.9. The molecule has 0 saturated carbocycles. The van der Waals surface area contributed by atoms with Gasteiger partial charge in [-0.05, 0) is 48.0 Å². The fourth-order valence-corrected chi connectivity index (χ4v) is 1.69. The zero-order valence-corrected chi connectivity index (χ0v) is 11.0. The molecular formula is C17H13NO2. The van der Waals surface area contributed by atoms with E-state index in [1.54, 1.807) is 37.5 Å². The van der Waals surface area contributed by atoms with Crippen molar-refractivity contribution in [3.05, 3.63) is 71.3 Å². The van der Waals surface area contributed by atoms with Gasteiger partial charge in [0.1, 0.15) is 5.75 Å². The Morgan fingerprint density at radius 1 is 1.10 bits per heavy atom. The normalized spacial score (nSPS) is 10.2. The molecule has 0 spiro atoms. The minimum Gasteiger partial charge on any atom is -0.497 e. The Labute approximate surface area is 117 Å². The monoisotopic (exact) mass is 263 g/mol. The summed E-state index contributed by atoms with van der Waals surface area (Å²) >= 11 is 0. The molecule has 0 aliphatic heterocycles. The number of carbonyl (C=O) groups is 1. The molecule has 0 saturated heterocycles. The Morgan fingerprint density at radius 2 is 1.75 bits per heavy atom. The fourth-order valence-electron chi connectivity index (χ4n) is 1.69. The Balaban J connectivity index is 2.09. The number of hydrogen-bond donors (Lipinski definition) is 0. The molecule has 2 aromatic carbocycles. The van der Waals surface area contributed by atoms with E-state index in [2.05, 4.69) is 0 Å². The van der Waals surface area contributed by atoms with Crippen molar-refractivity contribution in [1.29, 1.82) is 5.26 Å². The second kappa shape index (κ2) is 6.35. The van der Waals surface area contributed by atoms with E-state index in [-0.39, 0.29) is 5.78 Å². The molecular weight excluding hydrogens is 250 g/mol. The highest BCUT2D eigenvalue weighted by Crippen LogP contribution is 2.13. The smallest absolute Gasteiger partial charge is 0.185 e. The van der Waals surface area contributed by atoms with Gasteiger partial charge in [-0.15, -0.1) is 0 Å². The summed E-state index contributed by atoms with van der Waals surface area (Å²) in [6, 6.07) is 16.0. The first-order valence-electron chi connectivity index (χ1n) is 6.09. The summed E-state index contributed by atoms with van der Waals surface area (Å²) in [5.41, 5.74) is 2.03. The van der Waals surface area contributed by atoms with Crippen LogP contribution in [0.3, 0.4) is 0 Å². The summed E-state index contributed by atoms with van der Waals surface area (Å²) in [5.74, 6) is 0.686. The maximum atomic E-state index is 11.9. The Kier molecular flexibility index (Phi) is 4.31. The van der Waals surface area contributed by atoms with Gasteiger partial charge >= 0.3 is 0 Å². The molecule has 3 nitrogen and oxygen atoms in total. The first kappa shape index (κ1) is 13.6. The molecule has 20 heavy (non-hydrogen) atoms. The zero-order chi connectivity index (χ0) is 14.4. The standard InChI is InChI=1S/C17H13NO2/c1-20-16-9-4-13(5-10-16)6-11-17(19)15-7-2-14(12-18)3-8-15/h2-11H,1H3. The van der Waals surface area contributed by atoms with Gasteiger partial charge < -0.3 is 4.74 Å². The first-order valence-corrected chi connectivity index (χ1v) is 6.09. The molecule has 0 radical (unpaired) electrons. The SMILES string of the molecule is COc1ccc(C=CC(=O)c2ccc(C#N)cc2)cc1. The lowest BCUT2D eigenvalue weighted by molar-refractivity contribution is 0.104. The summed E-state index contributed by atoms with van der Waals surface area (Å²) in [6.07, 6.45) is 3.27. The van der Waals surface area contributed by atoms with Crippen molar-refractivity contribution >= 4 is 11.9 Å². The lowest BCUT2D eigenvalue weighted by Gasteiger charge is -1.99. The molecule has 3 heteroatoms. The molecule has 0 atom stereocenters. The van der Waals surface area contributed by atoms with Gasteiger partial charge in [-0.2, -0.15) is 5.26 Å². The summed E-state index contributed by atoms with van der Waals surface area (Å²) in [7, 11) is 1.61. The van der Waals surface area contributed by atoms with Crippen molar-refractivity contribution in [2.24, 2.45) is 0 Å². The molecule has 0 heterocycles. The van der Waals surface area contributed by atoms with Gasteiger partial charge in [0.15, 0.2) is 5.78 Å². The first-order chi connectivity index (χ1) is 9.72. The highest BCUT2D eigenvalue weighted by Gasteiger charge is 2.01. The predicted molar refractivity (Wildman–Crippen MR) is 77.5 cm³/mol. The molecule has 0 aliphatic carbocycles. The number of nitriles is 1. The van der Waals surface area contributed by atoms with Crippen molar-refractivity contribution in [1.82, 2.24) is 0 Å². The quantitative estimate of drug-likeness (QED) is 0.627. The van der Waals surface area contributed by atoms with Crippen LogP contribution in [0.25, 0.3) is 6.08 Å². The number of hydrogen-bond acceptors (Lipinski definition) is 3. The molecule has 2 rings (SSSR count). The van der Waals surface area contributed by atoms with Gasteiger partial charge in [-0.3, -0.25) is 4.79 Å². The molecule has 0 bridgehead atoms. The Bertz CT molecular complexity index is 662. The average Bonchev–Trinajstić information content (AvgIpc) is 2.53. The van der Waals surface area contributed by atoms with Crippen molar-refractivity contribution in [2.45, 2.75) is 0 Å². The van der Waals surface area contributed by atoms with Gasteiger partial charge in [0, 0.05) is 5.56 Å². The van der Waals surface area contributed by atoms with Crippen LogP contribution in [0.1, 0.15) is 21.5 Å². The van der Waals surface area contributed by atoms with E-state index in [4.69, 9.17) is 10.00 Å². The van der Waals surface area contributed by atoms with E-state index < -0.39 is 0 Å². The number of nitrogens with zero attached hydrogens (tertiary/aromatic N) is 1. The minimum atomic E-state index is -0.0923. The lowest BCUT2D eigenvalue weighted by atomic mass is 10.1. The van der Waals surface area contributed by atoms with Gasteiger partial charge in [0.2, 0.25) is 0 Å². The number of rotatable bonds is 4. The zero-order valence-electron chi connectivity index (χ0n) is 11.0. The molecule has 0 aliphatic rings. The second-order valence-electron chi connectivity index (χ2n) is 4.16. The molecule has 0 N–H and O–H groups in total. The number of allylic oxidation sites excluding steroid dienone is 1. The Hall–Kier alpha value is -2.86. The van der Waals surface area contributed by atoms with Crippen LogP contribution in [0.5, 0.6) is 5.75 Å². The van der Waals surface area contributed by atoms with Gasteiger partial charge in [-0.25, -0.2) is 0 Å². The highest BCUT2D eigenvalue weighted by molar-refractivity contribution is 6.06. The molecule has 0 fully saturated rings. The lowest BCUT2D eigenvalue weighted by Crippen LogP contribution is -1.93. The van der Waals surface area contributed by atoms with E-state index in [1.807, 2.05) is 30.3 Å². The molecule has 98 valence electrons. The topological polar surface area (TPSA) is 50.1 Å². The number of ketones is 1. The van der Waals surface area contributed by atoms with Crippen molar-refractivity contribution in [2.75, 3.05) is 7.11 Å². The second-order valence-corrected chi connectivity index (χ2v) is 4.16. The van der Waals surface area contributed by atoms with Crippen LogP contribution in [0.15, 0.2) is 54.6 Å². The van der Waals surface area contributed by atoms with Gasteiger partial charge in [-0.1, -0.05) is 18.2 Å². The predicted octanol–water partition coefficient (Wildman–Crippen LogP) is 3.46. The molecule has 0 aromatic heterocycles. The van der Waals surface area contributed by atoms with E-state index in [0.29, 0.717) is 11.1 Å². The maximum Gasteiger partial charge on any atom is 0.185 e. The third-order valence-corrected chi connectivity index (χ3v) is 2.84. The number of carbonyl (C=O) groups excluding carboxylic acids is 1. The Morgan fingerprint density at radius 3 is 2.30 bits per heavy atom. The van der Waals surface area contributed by atoms with Crippen LogP contribution in [0.4, 0.5) is 0 Å². The van der Waals surface area contributed by atoms with Crippen LogP contribution >= 0.6 is 0 Å². The minimum absolute atomic E-state index is 0.0923. The van der Waals surface area contributed by atoms with Crippen LogP contribution < -0.4 is 4.74 Å². The fraction of sp³-hybridized carbons (Fsp3) is 0.0588. The van der Waals surface area contributed by atoms with Crippen LogP contribution in [-0.4, -0.2) is 12.9 Å². The molecule has 0 unspecified atom stereocenters. The average molecular weight is 263 g/mol. The van der Waals surface area contributed by atoms with E-state index in [1.165, 1.54) is 6.08 Å². The molecule has 2 aromatic rings. The van der Waals surface area contributed by atoms with E-state index >= 15 is 0 Å². The summed E-state index contributed by atoms with van der Waals surface area (Å²) in [4.78, 5) is 11.9.